The molecule has 0 saturated heterocycles. The van der Waals surface area contributed by atoms with Crippen LogP contribution in [0.15, 0.2) is 41.0 Å². The van der Waals surface area contributed by atoms with Crippen molar-refractivity contribution in [3.05, 3.63) is 36.6 Å². The minimum Gasteiger partial charge on any atom is -0.505 e. The molecule has 0 saturated carbocycles. The van der Waals surface area contributed by atoms with Crippen molar-refractivity contribution in [2.45, 2.75) is 26.4 Å². The van der Waals surface area contributed by atoms with Crippen LogP contribution < -0.4 is 4.90 Å². The van der Waals surface area contributed by atoms with Gasteiger partial charge in [-0.05, 0) is 26.8 Å². The van der Waals surface area contributed by atoms with E-state index < -0.39 is 11.7 Å². The van der Waals surface area contributed by atoms with Gasteiger partial charge in [-0.2, -0.15) is 0 Å². The summed E-state index contributed by atoms with van der Waals surface area (Å²) in [6.45, 7) is 5.40. The van der Waals surface area contributed by atoms with E-state index in [0.717, 1.165) is 10.8 Å². The van der Waals surface area contributed by atoms with Crippen LogP contribution in [0, 0.1) is 0 Å². The topological polar surface area (TPSA) is 62.9 Å². The Bertz CT molecular complexity index is 889. The molecular formula is C18H19NO4. The van der Waals surface area contributed by atoms with Crippen LogP contribution in [0.3, 0.4) is 0 Å². The number of carbonyl (C=O) groups excluding carboxylic acids is 1. The van der Waals surface area contributed by atoms with Gasteiger partial charge in [0, 0.05) is 17.8 Å². The fourth-order valence-electron chi connectivity index (χ4n) is 2.61. The molecule has 0 aliphatic rings. The van der Waals surface area contributed by atoms with Crippen molar-refractivity contribution < 1.29 is 19.1 Å². The number of nitrogens with zero attached hydrogens (tertiary/aromatic N) is 1. The highest BCUT2D eigenvalue weighted by Crippen LogP contribution is 2.43. The molecule has 0 unspecified atom stereocenters. The van der Waals surface area contributed by atoms with Gasteiger partial charge in [0.15, 0.2) is 5.75 Å². The summed E-state index contributed by atoms with van der Waals surface area (Å²) in [4.78, 5) is 13.7. The molecule has 5 nitrogen and oxygen atoms in total. The van der Waals surface area contributed by atoms with Crippen LogP contribution in [0.5, 0.6) is 5.75 Å². The highest BCUT2D eigenvalue weighted by atomic mass is 16.6. The summed E-state index contributed by atoms with van der Waals surface area (Å²) >= 11 is 0. The summed E-state index contributed by atoms with van der Waals surface area (Å²) < 4.78 is 10.9. The lowest BCUT2D eigenvalue weighted by molar-refractivity contribution is 0.0589. The molecule has 1 N–H and O–H groups in total. The molecule has 120 valence electrons. The van der Waals surface area contributed by atoms with Gasteiger partial charge in [-0.25, -0.2) is 4.79 Å². The molecule has 3 aromatic rings. The molecule has 0 aliphatic heterocycles. The number of ether oxygens (including phenoxy) is 1. The Balaban J connectivity index is 2.22. The molecule has 0 radical (unpaired) electrons. The van der Waals surface area contributed by atoms with E-state index in [9.17, 15) is 9.90 Å². The zero-order valence-corrected chi connectivity index (χ0v) is 13.6. The average molecular weight is 313 g/mol. The van der Waals surface area contributed by atoms with E-state index in [1.165, 1.54) is 11.2 Å². The summed E-state index contributed by atoms with van der Waals surface area (Å²) in [7, 11) is 1.58. The quantitative estimate of drug-likeness (QED) is 0.709. The third kappa shape index (κ3) is 2.59. The number of phenols is 1. The lowest BCUT2D eigenvalue weighted by Crippen LogP contribution is -2.34. The van der Waals surface area contributed by atoms with Crippen LogP contribution in [0.2, 0.25) is 0 Å². The molecule has 0 aliphatic carbocycles. The molecule has 0 atom stereocenters. The molecule has 1 heterocycles. The normalized spacial score (nSPS) is 11.8. The first-order valence-electron chi connectivity index (χ1n) is 7.37. The maximum Gasteiger partial charge on any atom is 0.414 e. The van der Waals surface area contributed by atoms with Crippen molar-refractivity contribution in [1.29, 1.82) is 0 Å². The number of anilines is 1. The van der Waals surface area contributed by atoms with Crippen LogP contribution in [0.4, 0.5) is 10.5 Å². The zero-order chi connectivity index (χ0) is 16.8. The Labute approximate surface area is 134 Å². The number of benzene rings is 2. The van der Waals surface area contributed by atoms with Gasteiger partial charge < -0.3 is 14.3 Å². The number of aromatic hydroxyl groups is 1. The number of phenolic OH excluding ortho intramolecular Hbond substituents is 1. The van der Waals surface area contributed by atoms with Gasteiger partial charge in [0.05, 0.1) is 17.3 Å². The van der Waals surface area contributed by atoms with E-state index in [-0.39, 0.29) is 5.75 Å². The van der Waals surface area contributed by atoms with Crippen molar-refractivity contribution >= 4 is 33.5 Å². The highest BCUT2D eigenvalue weighted by Gasteiger charge is 2.26. The monoisotopic (exact) mass is 313 g/mol. The Kier molecular flexibility index (Phi) is 3.43. The second-order valence-electron chi connectivity index (χ2n) is 6.45. The molecule has 1 amide bonds. The number of hydrogen-bond acceptors (Lipinski definition) is 4. The third-order valence-corrected chi connectivity index (χ3v) is 3.57. The van der Waals surface area contributed by atoms with Crippen molar-refractivity contribution in [2.24, 2.45) is 0 Å². The molecule has 23 heavy (non-hydrogen) atoms. The summed E-state index contributed by atoms with van der Waals surface area (Å²) in [6, 6.07) is 9.16. The van der Waals surface area contributed by atoms with E-state index in [2.05, 4.69) is 0 Å². The Hall–Kier alpha value is -2.69. The van der Waals surface area contributed by atoms with Crippen molar-refractivity contribution in [3.8, 4) is 5.75 Å². The van der Waals surface area contributed by atoms with E-state index in [1.807, 2.05) is 24.3 Å². The van der Waals surface area contributed by atoms with Gasteiger partial charge in [-0.3, -0.25) is 4.90 Å². The van der Waals surface area contributed by atoms with Crippen molar-refractivity contribution in [3.63, 3.8) is 0 Å². The van der Waals surface area contributed by atoms with E-state index in [0.29, 0.717) is 16.7 Å². The van der Waals surface area contributed by atoms with Crippen LogP contribution >= 0.6 is 0 Å². The second kappa shape index (κ2) is 5.19. The molecule has 0 spiro atoms. The molecule has 0 bridgehead atoms. The number of rotatable bonds is 1. The lowest BCUT2D eigenvalue weighted by Gasteiger charge is -2.26. The molecule has 3 rings (SSSR count). The SMILES string of the molecule is CN(C(=O)OC(C)(C)C)c1c(O)c2ccoc2c2ccccc12. The number of furan rings is 1. The maximum absolute atomic E-state index is 12.4. The molecule has 5 heteroatoms. The Morgan fingerprint density at radius 2 is 1.78 bits per heavy atom. The highest BCUT2D eigenvalue weighted by molar-refractivity contribution is 6.16. The Morgan fingerprint density at radius 3 is 2.43 bits per heavy atom. The predicted octanol–water partition coefficient (Wildman–Crippen LogP) is 4.66. The predicted molar refractivity (Wildman–Crippen MR) is 90.0 cm³/mol. The van der Waals surface area contributed by atoms with Gasteiger partial charge in [-0.15, -0.1) is 0 Å². The fraction of sp³-hybridized carbons (Fsp3) is 0.278. The minimum atomic E-state index is -0.615. The number of hydrogen-bond donors (Lipinski definition) is 1. The minimum absolute atomic E-state index is 0.000749. The van der Waals surface area contributed by atoms with Gasteiger partial charge >= 0.3 is 6.09 Å². The largest absolute Gasteiger partial charge is 0.505 e. The number of fused-ring (bicyclic) bond motifs is 3. The molecule has 0 fully saturated rings. The van der Waals surface area contributed by atoms with Crippen molar-refractivity contribution in [1.82, 2.24) is 0 Å². The molecule has 2 aromatic carbocycles. The lowest BCUT2D eigenvalue weighted by atomic mass is 10.0. The maximum atomic E-state index is 12.4. The smallest absolute Gasteiger partial charge is 0.414 e. The van der Waals surface area contributed by atoms with E-state index in [4.69, 9.17) is 9.15 Å². The summed E-state index contributed by atoms with van der Waals surface area (Å²) in [5.74, 6) is 0.000749. The van der Waals surface area contributed by atoms with Crippen molar-refractivity contribution in [2.75, 3.05) is 11.9 Å². The van der Waals surface area contributed by atoms with Crippen LogP contribution in [0.25, 0.3) is 21.7 Å². The van der Waals surface area contributed by atoms with Gasteiger partial charge in [0.1, 0.15) is 11.2 Å². The molecule has 1 aromatic heterocycles. The van der Waals surface area contributed by atoms with Crippen LogP contribution in [-0.4, -0.2) is 23.8 Å². The van der Waals surface area contributed by atoms with Gasteiger partial charge in [0.2, 0.25) is 0 Å². The Morgan fingerprint density at radius 1 is 1.13 bits per heavy atom. The first-order chi connectivity index (χ1) is 10.8. The average Bonchev–Trinajstić information content (AvgIpc) is 2.95. The number of amides is 1. The summed E-state index contributed by atoms with van der Waals surface area (Å²) in [5.41, 5.74) is 0.388. The van der Waals surface area contributed by atoms with Gasteiger partial charge in [-0.1, -0.05) is 24.3 Å². The third-order valence-electron chi connectivity index (χ3n) is 3.57. The summed E-state index contributed by atoms with van der Waals surface area (Å²) in [6.07, 6.45) is 0.995. The zero-order valence-electron chi connectivity index (χ0n) is 13.6. The molecular weight excluding hydrogens is 294 g/mol. The fourth-order valence-corrected chi connectivity index (χ4v) is 2.61. The van der Waals surface area contributed by atoms with Crippen LogP contribution in [-0.2, 0) is 4.74 Å². The standard InChI is InChI=1S/C18H19NO4/c1-18(2,3)23-17(21)19(4)14-11-7-5-6-8-12(11)16-13(15(14)20)9-10-22-16/h5-10,20H,1-4H3. The number of carbonyl (C=O) groups is 1. The van der Waals surface area contributed by atoms with E-state index >= 15 is 0 Å². The summed E-state index contributed by atoms with van der Waals surface area (Å²) in [5, 5.41) is 12.8. The first-order valence-corrected chi connectivity index (χ1v) is 7.37. The first kappa shape index (κ1) is 15.2. The van der Waals surface area contributed by atoms with Crippen LogP contribution in [0.1, 0.15) is 20.8 Å². The van der Waals surface area contributed by atoms with Gasteiger partial charge in [0.25, 0.3) is 0 Å². The second-order valence-corrected chi connectivity index (χ2v) is 6.45. The van der Waals surface area contributed by atoms with E-state index in [1.54, 1.807) is 33.9 Å².